The molecule has 1 aliphatic heterocycles. The molecule has 0 bridgehead atoms. The van der Waals surface area contributed by atoms with E-state index in [1.165, 1.54) is 18.5 Å². The lowest BCUT2D eigenvalue weighted by Gasteiger charge is -2.31. The van der Waals surface area contributed by atoms with Gasteiger partial charge in [-0.2, -0.15) is 4.98 Å². The van der Waals surface area contributed by atoms with Crippen molar-refractivity contribution in [1.29, 1.82) is 0 Å². The van der Waals surface area contributed by atoms with Crippen molar-refractivity contribution in [2.45, 2.75) is 26.7 Å². The van der Waals surface area contributed by atoms with Crippen LogP contribution in [0, 0.1) is 5.92 Å². The van der Waals surface area contributed by atoms with Crippen molar-refractivity contribution in [3.8, 4) is 0 Å². The molecule has 0 amide bonds. The minimum atomic E-state index is 0.816. The Kier molecular flexibility index (Phi) is 4.56. The molecule has 1 aromatic carbocycles. The predicted molar refractivity (Wildman–Crippen MR) is 91.8 cm³/mol. The summed E-state index contributed by atoms with van der Waals surface area (Å²) in [6.07, 6.45) is 4.33. The van der Waals surface area contributed by atoms with Gasteiger partial charge in [0.2, 0.25) is 5.95 Å². The van der Waals surface area contributed by atoms with E-state index in [9.17, 15) is 0 Å². The molecule has 0 saturated carbocycles. The number of benzene rings is 1. The number of piperidine rings is 1. The first-order valence-corrected chi connectivity index (χ1v) is 8.18. The van der Waals surface area contributed by atoms with Gasteiger partial charge in [-0.15, -0.1) is 0 Å². The van der Waals surface area contributed by atoms with Crippen LogP contribution in [0.2, 0.25) is 0 Å². The summed E-state index contributed by atoms with van der Waals surface area (Å²) < 4.78 is 0. The molecule has 2 heterocycles. The van der Waals surface area contributed by atoms with Gasteiger partial charge >= 0.3 is 0 Å². The Balaban J connectivity index is 1.84. The number of hydrogen-bond acceptors (Lipinski definition) is 4. The average molecular weight is 296 g/mol. The topological polar surface area (TPSA) is 32.3 Å². The molecule has 22 heavy (non-hydrogen) atoms. The van der Waals surface area contributed by atoms with E-state index in [0.717, 1.165) is 37.3 Å². The highest BCUT2D eigenvalue weighted by Gasteiger charge is 2.19. The molecule has 3 rings (SSSR count). The minimum absolute atomic E-state index is 0.816. The van der Waals surface area contributed by atoms with Gasteiger partial charge in [0, 0.05) is 31.5 Å². The number of aromatic nitrogens is 2. The van der Waals surface area contributed by atoms with Gasteiger partial charge in [-0.3, -0.25) is 0 Å². The Morgan fingerprint density at radius 1 is 1.14 bits per heavy atom. The van der Waals surface area contributed by atoms with E-state index in [4.69, 9.17) is 4.98 Å². The van der Waals surface area contributed by atoms with Crippen molar-refractivity contribution in [3.63, 3.8) is 0 Å². The highest BCUT2D eigenvalue weighted by atomic mass is 15.3. The lowest BCUT2D eigenvalue weighted by atomic mass is 10.00. The smallest absolute Gasteiger partial charge is 0.227 e. The van der Waals surface area contributed by atoms with E-state index >= 15 is 0 Å². The van der Waals surface area contributed by atoms with Crippen LogP contribution in [0.4, 0.5) is 17.5 Å². The molecular formula is C18H24N4. The quantitative estimate of drug-likeness (QED) is 0.857. The summed E-state index contributed by atoms with van der Waals surface area (Å²) in [6, 6.07) is 12.4. The second-order valence-corrected chi connectivity index (χ2v) is 5.96. The maximum absolute atomic E-state index is 4.81. The number of hydrogen-bond donors (Lipinski definition) is 0. The summed E-state index contributed by atoms with van der Waals surface area (Å²) in [5.74, 6) is 2.65. The number of rotatable bonds is 4. The van der Waals surface area contributed by atoms with Gasteiger partial charge in [-0.1, -0.05) is 25.1 Å². The Hall–Kier alpha value is -2.10. The molecule has 0 atom stereocenters. The Morgan fingerprint density at radius 3 is 2.55 bits per heavy atom. The van der Waals surface area contributed by atoms with Crippen LogP contribution in [0.5, 0.6) is 0 Å². The number of anilines is 3. The summed E-state index contributed by atoms with van der Waals surface area (Å²) >= 11 is 0. The molecule has 1 aromatic heterocycles. The molecular weight excluding hydrogens is 272 g/mol. The molecule has 1 fully saturated rings. The zero-order valence-corrected chi connectivity index (χ0v) is 13.4. The van der Waals surface area contributed by atoms with Gasteiger partial charge in [0.05, 0.1) is 0 Å². The van der Waals surface area contributed by atoms with E-state index in [1.807, 2.05) is 18.3 Å². The van der Waals surface area contributed by atoms with E-state index in [-0.39, 0.29) is 0 Å². The van der Waals surface area contributed by atoms with Crippen molar-refractivity contribution < 1.29 is 0 Å². The van der Waals surface area contributed by atoms with Crippen molar-refractivity contribution in [1.82, 2.24) is 9.97 Å². The van der Waals surface area contributed by atoms with Crippen molar-refractivity contribution in [2.75, 3.05) is 29.4 Å². The summed E-state index contributed by atoms with van der Waals surface area (Å²) in [5.41, 5.74) is 1.17. The van der Waals surface area contributed by atoms with Crippen molar-refractivity contribution in [3.05, 3.63) is 42.6 Å². The van der Waals surface area contributed by atoms with Gasteiger partial charge in [0.1, 0.15) is 5.82 Å². The maximum Gasteiger partial charge on any atom is 0.227 e. The average Bonchev–Trinajstić information content (AvgIpc) is 2.57. The summed E-state index contributed by atoms with van der Waals surface area (Å²) in [6.45, 7) is 7.47. The summed E-state index contributed by atoms with van der Waals surface area (Å²) in [7, 11) is 0. The second-order valence-electron chi connectivity index (χ2n) is 5.96. The monoisotopic (exact) mass is 296 g/mol. The SMILES string of the molecule is CCN(c1ccccc1)c1ccnc(N2CCC(C)CC2)n1. The Bertz CT molecular complexity index is 591. The fourth-order valence-electron chi connectivity index (χ4n) is 2.94. The molecule has 116 valence electrons. The molecule has 1 saturated heterocycles. The minimum Gasteiger partial charge on any atom is -0.341 e. The van der Waals surface area contributed by atoms with Crippen LogP contribution < -0.4 is 9.80 Å². The highest BCUT2D eigenvalue weighted by Crippen LogP contribution is 2.25. The molecule has 0 aliphatic carbocycles. The standard InChI is InChI=1S/C18H24N4/c1-3-22(16-7-5-4-6-8-16)17-9-12-19-18(20-17)21-13-10-15(2)11-14-21/h4-9,12,15H,3,10-11,13-14H2,1-2H3. The molecule has 0 unspecified atom stereocenters. The van der Waals surface area contributed by atoms with Crippen LogP contribution in [-0.2, 0) is 0 Å². The van der Waals surface area contributed by atoms with Crippen molar-refractivity contribution in [2.24, 2.45) is 5.92 Å². The molecule has 0 spiro atoms. The first-order valence-electron chi connectivity index (χ1n) is 8.18. The third-order valence-electron chi connectivity index (χ3n) is 4.36. The third-order valence-corrected chi connectivity index (χ3v) is 4.36. The fraction of sp³-hybridized carbons (Fsp3) is 0.444. The molecule has 1 aliphatic rings. The number of nitrogens with zero attached hydrogens (tertiary/aromatic N) is 4. The van der Waals surface area contributed by atoms with Gasteiger partial charge in [0.25, 0.3) is 0 Å². The summed E-state index contributed by atoms with van der Waals surface area (Å²) in [5, 5.41) is 0. The normalized spacial score (nSPS) is 15.8. The first-order chi connectivity index (χ1) is 10.8. The van der Waals surface area contributed by atoms with Gasteiger partial charge in [-0.25, -0.2) is 4.98 Å². The molecule has 2 aromatic rings. The van der Waals surface area contributed by atoms with Crippen LogP contribution in [0.1, 0.15) is 26.7 Å². The second kappa shape index (κ2) is 6.77. The van der Waals surface area contributed by atoms with Gasteiger partial charge in [-0.05, 0) is 43.9 Å². The van der Waals surface area contributed by atoms with E-state index in [2.05, 4.69) is 52.9 Å². The summed E-state index contributed by atoms with van der Waals surface area (Å²) in [4.78, 5) is 13.8. The van der Waals surface area contributed by atoms with Crippen LogP contribution in [-0.4, -0.2) is 29.6 Å². The lowest BCUT2D eigenvalue weighted by Crippen LogP contribution is -2.34. The highest BCUT2D eigenvalue weighted by molar-refractivity contribution is 5.60. The zero-order chi connectivity index (χ0) is 15.4. The van der Waals surface area contributed by atoms with Crippen LogP contribution >= 0.6 is 0 Å². The lowest BCUT2D eigenvalue weighted by molar-refractivity contribution is 0.434. The van der Waals surface area contributed by atoms with E-state index in [0.29, 0.717) is 0 Å². The zero-order valence-electron chi connectivity index (χ0n) is 13.4. The van der Waals surface area contributed by atoms with Crippen molar-refractivity contribution >= 4 is 17.5 Å². The van der Waals surface area contributed by atoms with E-state index in [1.54, 1.807) is 0 Å². The molecule has 4 heteroatoms. The molecule has 0 N–H and O–H groups in total. The third kappa shape index (κ3) is 3.21. The molecule has 4 nitrogen and oxygen atoms in total. The first kappa shape index (κ1) is 14.8. The fourth-order valence-corrected chi connectivity index (χ4v) is 2.94. The van der Waals surface area contributed by atoms with Crippen LogP contribution in [0.15, 0.2) is 42.6 Å². The Labute approximate surface area is 132 Å². The molecule has 0 radical (unpaired) electrons. The maximum atomic E-state index is 4.81. The Morgan fingerprint density at radius 2 is 1.86 bits per heavy atom. The van der Waals surface area contributed by atoms with Gasteiger partial charge < -0.3 is 9.80 Å². The van der Waals surface area contributed by atoms with E-state index < -0.39 is 0 Å². The number of para-hydroxylation sites is 1. The van der Waals surface area contributed by atoms with Crippen LogP contribution in [0.25, 0.3) is 0 Å². The van der Waals surface area contributed by atoms with Gasteiger partial charge in [0.15, 0.2) is 0 Å². The predicted octanol–water partition coefficient (Wildman–Crippen LogP) is 3.87. The largest absolute Gasteiger partial charge is 0.341 e. The van der Waals surface area contributed by atoms with Crippen LogP contribution in [0.3, 0.4) is 0 Å².